The van der Waals surface area contributed by atoms with E-state index in [0.29, 0.717) is 6.42 Å². The van der Waals surface area contributed by atoms with E-state index in [1.807, 2.05) is 6.55 Å². The van der Waals surface area contributed by atoms with E-state index in [4.69, 9.17) is 22.2 Å². The van der Waals surface area contributed by atoms with Crippen molar-refractivity contribution in [2.45, 2.75) is 77.8 Å². The van der Waals surface area contributed by atoms with Crippen LogP contribution >= 0.6 is 0 Å². The maximum atomic E-state index is 11.5. The Morgan fingerprint density at radius 3 is 1.71 bits per heavy atom. The molecule has 0 saturated carbocycles. The topological polar surface area (TPSA) is 91.3 Å². The summed E-state index contributed by atoms with van der Waals surface area (Å²) in [5, 5.41) is 8.53. The van der Waals surface area contributed by atoms with E-state index in [9.17, 15) is 9.59 Å². The van der Waals surface area contributed by atoms with Crippen molar-refractivity contribution in [2.75, 3.05) is 6.61 Å². The molecule has 1 atom stereocenters. The van der Waals surface area contributed by atoms with Gasteiger partial charge in [0.2, 0.25) is 0 Å². The summed E-state index contributed by atoms with van der Waals surface area (Å²) in [7, 11) is -8.71. The molecule has 1 N–H and O–H groups in total. The van der Waals surface area contributed by atoms with Gasteiger partial charge in [-0.3, -0.25) is 0 Å². The van der Waals surface area contributed by atoms with Gasteiger partial charge in [0.1, 0.15) is 0 Å². The molecule has 11 heteroatoms. The first-order chi connectivity index (χ1) is 12.4. The Morgan fingerprint density at radius 2 is 1.32 bits per heavy atom. The third-order valence-electron chi connectivity index (χ3n) is 3.78. The summed E-state index contributed by atoms with van der Waals surface area (Å²) >= 11 is 0. The first kappa shape index (κ1) is 27.4. The molecule has 0 spiro atoms. The third kappa shape index (κ3) is 12.8. The number of aliphatic carboxylic acids is 1. The Hall–Kier alpha value is -0.572. The molecule has 0 aromatic heterocycles. The van der Waals surface area contributed by atoms with Crippen molar-refractivity contribution < 1.29 is 31.8 Å². The largest absolute Gasteiger partial charge is 0.478 e. The van der Waals surface area contributed by atoms with Crippen LogP contribution in [0.3, 0.4) is 0 Å². The smallest absolute Gasteiger partial charge is 0.466 e. The van der Waals surface area contributed by atoms with E-state index in [2.05, 4.69) is 59.3 Å². The molecule has 0 aromatic carbocycles. The normalized spacial score (nSPS) is 14.9. The molecule has 0 saturated heterocycles. The number of hydrogen-bond acceptors (Lipinski definition) is 6. The summed E-state index contributed by atoms with van der Waals surface area (Å²) in [5.74, 6) is -1.83. The van der Waals surface area contributed by atoms with Crippen LogP contribution in [0.4, 0.5) is 0 Å². The van der Waals surface area contributed by atoms with E-state index in [1.165, 1.54) is 0 Å². The van der Waals surface area contributed by atoms with E-state index >= 15 is 0 Å². The number of carbonyl (C=O) groups excluding carboxylic acids is 1. The van der Waals surface area contributed by atoms with Gasteiger partial charge in [0.25, 0.3) is 0 Å². The van der Waals surface area contributed by atoms with Crippen molar-refractivity contribution in [3.8, 4) is 0 Å². The fourth-order valence-electron chi connectivity index (χ4n) is 2.62. The van der Waals surface area contributed by atoms with Crippen molar-refractivity contribution in [1.29, 1.82) is 0 Å². The van der Waals surface area contributed by atoms with Crippen LogP contribution in [-0.2, 0) is 26.7 Å². The van der Waals surface area contributed by atoms with Crippen LogP contribution in [0.2, 0.25) is 64.5 Å². The Bertz CT molecular complexity index is 549. The summed E-state index contributed by atoms with van der Waals surface area (Å²) in [4.78, 5) is 21.9. The first-order valence-corrected chi connectivity index (χ1v) is 21.6. The molecule has 0 bridgehead atoms. The second kappa shape index (κ2) is 10.5. The van der Waals surface area contributed by atoms with Crippen molar-refractivity contribution in [1.82, 2.24) is 0 Å². The summed E-state index contributed by atoms with van der Waals surface area (Å²) in [6.45, 7) is 21.4. The number of ether oxygens (including phenoxy) is 1. The summed E-state index contributed by atoms with van der Waals surface area (Å²) in [6, 6.07) is 0. The van der Waals surface area contributed by atoms with Gasteiger partial charge in [-0.25, -0.2) is 9.59 Å². The van der Waals surface area contributed by atoms with Crippen LogP contribution in [0.25, 0.3) is 0 Å². The van der Waals surface area contributed by atoms with Gasteiger partial charge >= 0.3 is 20.7 Å². The molecule has 164 valence electrons. The zero-order valence-corrected chi connectivity index (χ0v) is 23.0. The number of carboxylic acids is 1. The van der Waals surface area contributed by atoms with E-state index in [0.717, 1.165) is 12.2 Å². The highest BCUT2D eigenvalue weighted by Gasteiger charge is 2.48. The standard InChI is InChI=1S/C17H38O7Si4/c1-15(13-14-21-17(20)12-11-16(18)19)27(8,9)24-28(10,22-25(2,3)4)23-26(5,6)7/h11-12,15H,13-14H2,1-10H3,(H,18,19). The fraction of sp³-hybridized carbons (Fsp3) is 0.765. The van der Waals surface area contributed by atoms with Gasteiger partial charge < -0.3 is 22.2 Å². The minimum absolute atomic E-state index is 0.200. The zero-order valence-electron chi connectivity index (χ0n) is 19.0. The number of hydrogen-bond donors (Lipinski definition) is 1. The highest BCUT2D eigenvalue weighted by atomic mass is 28.5. The van der Waals surface area contributed by atoms with Gasteiger partial charge in [-0.15, -0.1) is 0 Å². The molecule has 0 aliphatic heterocycles. The number of carboxylic acid groups (broad SMARTS) is 1. The first-order valence-electron chi connectivity index (χ1n) is 9.53. The minimum Gasteiger partial charge on any atom is -0.478 e. The van der Waals surface area contributed by atoms with E-state index in [-0.39, 0.29) is 12.1 Å². The highest BCUT2D eigenvalue weighted by Crippen LogP contribution is 2.32. The molecule has 0 aromatic rings. The fourth-order valence-corrected chi connectivity index (χ4v) is 18.6. The molecule has 28 heavy (non-hydrogen) atoms. The number of carbonyl (C=O) groups is 2. The zero-order chi connectivity index (χ0) is 22.4. The quantitative estimate of drug-likeness (QED) is 0.258. The lowest BCUT2D eigenvalue weighted by Crippen LogP contribution is -2.59. The monoisotopic (exact) mass is 466 g/mol. The molecule has 7 nitrogen and oxygen atoms in total. The van der Waals surface area contributed by atoms with Crippen LogP contribution in [0.15, 0.2) is 12.2 Å². The van der Waals surface area contributed by atoms with E-state index < -0.39 is 45.7 Å². The van der Waals surface area contributed by atoms with Crippen molar-refractivity contribution in [3.05, 3.63) is 12.2 Å². The molecule has 0 rings (SSSR count). The minimum atomic E-state index is -2.80. The van der Waals surface area contributed by atoms with Crippen molar-refractivity contribution in [3.63, 3.8) is 0 Å². The molecule has 0 radical (unpaired) electrons. The molecular weight excluding hydrogens is 429 g/mol. The van der Waals surface area contributed by atoms with E-state index in [1.54, 1.807) is 0 Å². The lowest BCUT2D eigenvalue weighted by Gasteiger charge is -2.43. The van der Waals surface area contributed by atoms with Gasteiger partial charge in [-0.1, -0.05) is 6.92 Å². The predicted molar refractivity (Wildman–Crippen MR) is 121 cm³/mol. The average Bonchev–Trinajstić information content (AvgIpc) is 2.39. The summed E-state index contributed by atoms with van der Waals surface area (Å²) < 4.78 is 24.6. The Kier molecular flexibility index (Phi) is 10.2. The van der Waals surface area contributed by atoms with Crippen LogP contribution in [0.1, 0.15) is 13.3 Å². The van der Waals surface area contributed by atoms with Gasteiger partial charge in [0.15, 0.2) is 25.0 Å². The highest BCUT2D eigenvalue weighted by molar-refractivity contribution is 6.90. The Morgan fingerprint density at radius 1 is 0.857 bits per heavy atom. The lowest BCUT2D eigenvalue weighted by atomic mass is 10.3. The maximum Gasteiger partial charge on any atom is 0.466 e. The second-order valence-electron chi connectivity index (χ2n) is 9.53. The molecule has 1 unspecified atom stereocenters. The predicted octanol–water partition coefficient (Wildman–Crippen LogP) is 4.44. The SMILES string of the molecule is CC(CCOC(=O)C=CC(=O)O)[Si](C)(C)O[Si](C)(O[Si](C)(C)C)O[Si](C)(C)C. The Labute approximate surface area is 174 Å². The van der Waals surface area contributed by atoms with Crippen LogP contribution < -0.4 is 0 Å². The van der Waals surface area contributed by atoms with Crippen molar-refractivity contribution >= 4 is 45.7 Å². The van der Waals surface area contributed by atoms with Gasteiger partial charge in [-0.05, 0) is 64.3 Å². The molecule has 0 aliphatic rings. The average molecular weight is 467 g/mol. The second-order valence-corrected chi connectivity index (χ2v) is 26.3. The maximum absolute atomic E-state index is 11.5. The van der Waals surface area contributed by atoms with Gasteiger partial charge in [-0.2, -0.15) is 0 Å². The summed E-state index contributed by atoms with van der Waals surface area (Å²) in [6.07, 6.45) is 2.32. The molecule has 0 heterocycles. The number of esters is 1. The molecule has 0 aliphatic carbocycles. The number of rotatable bonds is 12. The third-order valence-corrected chi connectivity index (χ3v) is 17.9. The molecule has 0 fully saturated rings. The van der Waals surface area contributed by atoms with Crippen LogP contribution in [0.5, 0.6) is 0 Å². The lowest BCUT2D eigenvalue weighted by molar-refractivity contribution is -0.138. The van der Waals surface area contributed by atoms with Gasteiger partial charge in [0.05, 0.1) is 6.61 Å². The van der Waals surface area contributed by atoms with Gasteiger partial charge in [0, 0.05) is 18.7 Å². The molecule has 0 amide bonds. The van der Waals surface area contributed by atoms with Crippen molar-refractivity contribution in [2.24, 2.45) is 0 Å². The molecular formula is C17H38O7Si4. The Balaban J connectivity index is 5.01. The van der Waals surface area contributed by atoms with Crippen LogP contribution in [-0.4, -0.2) is 57.4 Å². The van der Waals surface area contributed by atoms with Crippen LogP contribution in [0, 0.1) is 0 Å². The summed E-state index contributed by atoms with van der Waals surface area (Å²) in [5.41, 5.74) is 0.200.